The van der Waals surface area contributed by atoms with Gasteiger partial charge in [0.2, 0.25) is 5.91 Å². The van der Waals surface area contributed by atoms with Crippen LogP contribution in [0.3, 0.4) is 0 Å². The van der Waals surface area contributed by atoms with Gasteiger partial charge in [0.05, 0.1) is 32.1 Å². The first kappa shape index (κ1) is 20.5. The summed E-state index contributed by atoms with van der Waals surface area (Å²) in [6.07, 6.45) is 0. The van der Waals surface area contributed by atoms with E-state index in [0.29, 0.717) is 41.3 Å². The van der Waals surface area contributed by atoms with E-state index >= 15 is 0 Å². The third-order valence-corrected chi connectivity index (χ3v) is 4.63. The number of nitrogens with one attached hydrogen (secondary N) is 1. The van der Waals surface area contributed by atoms with Gasteiger partial charge < -0.3 is 23.9 Å². The number of amides is 1. The first-order valence-electron chi connectivity index (χ1n) is 8.83. The van der Waals surface area contributed by atoms with Crippen molar-refractivity contribution in [3.8, 4) is 28.7 Å². The van der Waals surface area contributed by atoms with E-state index in [1.54, 1.807) is 32.4 Å². The normalized spacial score (nSPS) is 10.4. The summed E-state index contributed by atoms with van der Waals surface area (Å²) in [6, 6.07) is 14.7. The molecule has 152 valence electrons. The molecule has 3 aromatic rings. The van der Waals surface area contributed by atoms with Crippen molar-refractivity contribution in [3.63, 3.8) is 0 Å². The van der Waals surface area contributed by atoms with Gasteiger partial charge in [0, 0.05) is 6.07 Å². The summed E-state index contributed by atoms with van der Waals surface area (Å²) in [7, 11) is 3.13. The zero-order valence-corrected chi connectivity index (χ0v) is 16.9. The minimum atomic E-state index is -0.145. The van der Waals surface area contributed by atoms with E-state index in [1.165, 1.54) is 0 Å². The molecule has 0 aliphatic rings. The van der Waals surface area contributed by atoms with E-state index in [1.807, 2.05) is 30.3 Å². The Morgan fingerprint density at radius 1 is 1.07 bits per heavy atom. The Bertz CT molecular complexity index is 933. The average Bonchev–Trinajstić information content (AvgIpc) is 3.24. The predicted octanol–water partition coefficient (Wildman–Crippen LogP) is 3.04. The van der Waals surface area contributed by atoms with Gasteiger partial charge in [0.15, 0.2) is 0 Å². The molecule has 1 heterocycles. The molecular formula is C20H21N3O5S. The van der Waals surface area contributed by atoms with Crippen molar-refractivity contribution in [1.82, 2.24) is 15.5 Å². The van der Waals surface area contributed by atoms with Gasteiger partial charge in [-0.2, -0.15) is 0 Å². The molecule has 0 fully saturated rings. The molecule has 0 saturated carbocycles. The van der Waals surface area contributed by atoms with Crippen LogP contribution in [0.5, 0.6) is 17.2 Å². The predicted molar refractivity (Wildman–Crippen MR) is 109 cm³/mol. The van der Waals surface area contributed by atoms with Gasteiger partial charge in [0.25, 0.3) is 11.1 Å². The third kappa shape index (κ3) is 5.89. The number of para-hydroxylation sites is 1. The standard InChI is InChI=1S/C20H21N3O5S/c1-25-15-8-9-16(17(12-15)26-2)19-22-23-20(28-19)29-13-18(24)21-10-11-27-14-6-4-3-5-7-14/h3-9,12H,10-11,13H2,1-2H3,(H,21,24). The maximum absolute atomic E-state index is 12.0. The Morgan fingerprint density at radius 3 is 2.66 bits per heavy atom. The average molecular weight is 415 g/mol. The van der Waals surface area contributed by atoms with Crippen LogP contribution in [-0.4, -0.2) is 49.2 Å². The van der Waals surface area contributed by atoms with E-state index in [-0.39, 0.29) is 11.7 Å². The van der Waals surface area contributed by atoms with Crippen molar-refractivity contribution < 1.29 is 23.4 Å². The maximum Gasteiger partial charge on any atom is 0.277 e. The zero-order valence-electron chi connectivity index (χ0n) is 16.1. The zero-order chi connectivity index (χ0) is 20.5. The number of methoxy groups -OCH3 is 2. The Labute approximate surface area is 172 Å². The molecule has 29 heavy (non-hydrogen) atoms. The van der Waals surface area contributed by atoms with Gasteiger partial charge >= 0.3 is 0 Å². The molecule has 0 saturated heterocycles. The lowest BCUT2D eigenvalue weighted by Crippen LogP contribution is -2.29. The van der Waals surface area contributed by atoms with Crippen LogP contribution < -0.4 is 19.5 Å². The number of thioether (sulfide) groups is 1. The SMILES string of the molecule is COc1ccc(-c2nnc(SCC(=O)NCCOc3ccccc3)o2)c(OC)c1. The number of rotatable bonds is 10. The maximum atomic E-state index is 12.0. The highest BCUT2D eigenvalue weighted by Gasteiger charge is 2.15. The number of nitrogens with zero attached hydrogens (tertiary/aromatic N) is 2. The van der Waals surface area contributed by atoms with E-state index < -0.39 is 0 Å². The summed E-state index contributed by atoms with van der Waals surface area (Å²) in [4.78, 5) is 12.0. The molecule has 2 aromatic carbocycles. The van der Waals surface area contributed by atoms with Gasteiger partial charge in [-0.15, -0.1) is 10.2 Å². The van der Waals surface area contributed by atoms with Crippen LogP contribution in [0.25, 0.3) is 11.5 Å². The number of hydrogen-bond acceptors (Lipinski definition) is 8. The van der Waals surface area contributed by atoms with Gasteiger partial charge in [-0.3, -0.25) is 4.79 Å². The molecule has 3 rings (SSSR count). The molecule has 1 amide bonds. The molecule has 0 radical (unpaired) electrons. The van der Waals surface area contributed by atoms with Crippen molar-refractivity contribution in [1.29, 1.82) is 0 Å². The fourth-order valence-electron chi connectivity index (χ4n) is 2.41. The van der Waals surface area contributed by atoms with Gasteiger partial charge in [-0.05, 0) is 24.3 Å². The van der Waals surface area contributed by atoms with Crippen LogP contribution in [0.15, 0.2) is 58.2 Å². The second-order valence-corrected chi connectivity index (χ2v) is 6.67. The van der Waals surface area contributed by atoms with Crippen LogP contribution in [0.1, 0.15) is 0 Å². The van der Waals surface area contributed by atoms with Gasteiger partial charge in [0.1, 0.15) is 23.9 Å². The molecule has 0 aliphatic carbocycles. The summed E-state index contributed by atoms with van der Waals surface area (Å²) in [5.74, 6) is 2.31. The monoisotopic (exact) mass is 415 g/mol. The van der Waals surface area contributed by atoms with E-state index in [4.69, 9.17) is 18.6 Å². The number of hydrogen-bond donors (Lipinski definition) is 1. The van der Waals surface area contributed by atoms with Gasteiger partial charge in [-0.1, -0.05) is 30.0 Å². The Kier molecular flexibility index (Phi) is 7.34. The summed E-state index contributed by atoms with van der Waals surface area (Å²) < 4.78 is 21.7. The largest absolute Gasteiger partial charge is 0.497 e. The van der Waals surface area contributed by atoms with Crippen molar-refractivity contribution in [2.75, 3.05) is 33.1 Å². The molecule has 9 heteroatoms. The number of carbonyl (C=O) groups is 1. The first-order chi connectivity index (χ1) is 14.2. The quantitative estimate of drug-likeness (QED) is 0.399. The van der Waals surface area contributed by atoms with Crippen molar-refractivity contribution in [2.45, 2.75) is 5.22 Å². The lowest BCUT2D eigenvalue weighted by Gasteiger charge is -2.07. The fraction of sp³-hybridized carbons (Fsp3) is 0.250. The van der Waals surface area contributed by atoms with E-state index in [0.717, 1.165) is 17.5 Å². The Hall–Kier alpha value is -3.20. The number of benzene rings is 2. The van der Waals surface area contributed by atoms with E-state index in [2.05, 4.69) is 15.5 Å². The van der Waals surface area contributed by atoms with Crippen LogP contribution in [0, 0.1) is 0 Å². The van der Waals surface area contributed by atoms with E-state index in [9.17, 15) is 4.79 Å². The van der Waals surface area contributed by atoms with Crippen LogP contribution in [0.4, 0.5) is 0 Å². The molecule has 0 spiro atoms. The summed E-state index contributed by atoms with van der Waals surface area (Å²) in [5.41, 5.74) is 0.648. The molecule has 1 aromatic heterocycles. The Balaban J connectivity index is 1.46. The minimum Gasteiger partial charge on any atom is -0.497 e. The number of ether oxygens (including phenoxy) is 3. The van der Waals surface area contributed by atoms with Crippen LogP contribution in [0.2, 0.25) is 0 Å². The summed E-state index contributed by atoms with van der Waals surface area (Å²) in [5, 5.41) is 11.1. The highest BCUT2D eigenvalue weighted by atomic mass is 32.2. The third-order valence-electron chi connectivity index (χ3n) is 3.81. The molecule has 8 nitrogen and oxygen atoms in total. The van der Waals surface area contributed by atoms with Gasteiger partial charge in [-0.25, -0.2) is 0 Å². The fourth-order valence-corrected chi connectivity index (χ4v) is 3.00. The Morgan fingerprint density at radius 2 is 1.90 bits per heavy atom. The number of carbonyl (C=O) groups excluding carboxylic acids is 1. The second kappa shape index (κ2) is 10.4. The highest BCUT2D eigenvalue weighted by molar-refractivity contribution is 7.99. The van der Waals surface area contributed by atoms with Crippen molar-refractivity contribution in [2.24, 2.45) is 0 Å². The molecule has 0 unspecified atom stereocenters. The lowest BCUT2D eigenvalue weighted by atomic mass is 10.2. The highest BCUT2D eigenvalue weighted by Crippen LogP contribution is 2.33. The summed E-state index contributed by atoms with van der Waals surface area (Å²) >= 11 is 1.16. The van der Waals surface area contributed by atoms with Crippen molar-refractivity contribution in [3.05, 3.63) is 48.5 Å². The second-order valence-electron chi connectivity index (χ2n) is 5.74. The molecule has 0 atom stereocenters. The lowest BCUT2D eigenvalue weighted by molar-refractivity contribution is -0.118. The summed E-state index contributed by atoms with van der Waals surface area (Å²) in [6.45, 7) is 0.800. The minimum absolute atomic E-state index is 0.145. The van der Waals surface area contributed by atoms with Crippen LogP contribution >= 0.6 is 11.8 Å². The molecule has 1 N–H and O–H groups in total. The topological polar surface area (TPSA) is 95.7 Å². The molecule has 0 aliphatic heterocycles. The molecular weight excluding hydrogens is 394 g/mol. The van der Waals surface area contributed by atoms with Crippen molar-refractivity contribution >= 4 is 17.7 Å². The number of aromatic nitrogens is 2. The smallest absolute Gasteiger partial charge is 0.277 e. The van der Waals surface area contributed by atoms with Crippen LogP contribution in [-0.2, 0) is 4.79 Å². The molecule has 0 bridgehead atoms. The first-order valence-corrected chi connectivity index (χ1v) is 9.81.